The van der Waals surface area contributed by atoms with Crippen molar-refractivity contribution < 1.29 is 9.90 Å². The number of nitrogens with two attached hydrogens (primary N) is 1. The van der Waals surface area contributed by atoms with Crippen LogP contribution in [0, 0.1) is 3.57 Å². The third kappa shape index (κ3) is 2.89. The van der Waals surface area contributed by atoms with Crippen LogP contribution in [0.1, 0.15) is 10.4 Å². The molecule has 0 fully saturated rings. The van der Waals surface area contributed by atoms with Crippen LogP contribution in [0.3, 0.4) is 0 Å². The number of aromatic nitrogens is 1. The van der Waals surface area contributed by atoms with E-state index in [0.29, 0.717) is 11.5 Å². The van der Waals surface area contributed by atoms with Crippen molar-refractivity contribution in [3.63, 3.8) is 0 Å². The number of carboxylic acid groups (broad SMARTS) is 1. The summed E-state index contributed by atoms with van der Waals surface area (Å²) in [4.78, 5) is 14.8. The zero-order valence-corrected chi connectivity index (χ0v) is 11.4. The number of carboxylic acids is 1. The largest absolute Gasteiger partial charge is 0.478 e. The Balaban J connectivity index is 2.27. The maximum Gasteiger partial charge on any atom is 0.337 e. The van der Waals surface area contributed by atoms with Gasteiger partial charge in [0, 0.05) is 15.5 Å². The lowest BCUT2D eigenvalue weighted by Crippen LogP contribution is -2.03. The molecular weight excluding hydrogens is 345 g/mol. The Morgan fingerprint density at radius 1 is 1.39 bits per heavy atom. The van der Waals surface area contributed by atoms with Crippen molar-refractivity contribution in [2.24, 2.45) is 0 Å². The predicted octanol–water partition coefficient (Wildman–Crippen LogP) is 2.71. The van der Waals surface area contributed by atoms with Crippen LogP contribution in [-0.4, -0.2) is 16.1 Å². The van der Waals surface area contributed by atoms with Gasteiger partial charge in [-0.25, -0.2) is 9.78 Å². The second-order valence-electron chi connectivity index (χ2n) is 3.60. The summed E-state index contributed by atoms with van der Waals surface area (Å²) in [5, 5.41) is 11.9. The fourth-order valence-corrected chi connectivity index (χ4v) is 1.95. The molecule has 18 heavy (non-hydrogen) atoms. The number of benzene rings is 1. The quantitative estimate of drug-likeness (QED) is 0.737. The molecule has 0 aliphatic carbocycles. The zero-order valence-electron chi connectivity index (χ0n) is 9.22. The Kier molecular flexibility index (Phi) is 3.66. The maximum atomic E-state index is 10.8. The first-order valence-electron chi connectivity index (χ1n) is 5.07. The number of aromatic carboxylic acids is 1. The standard InChI is InChI=1S/C12H10IN3O2/c13-8-2-1-3-9(5-8)16-11-10(14)4-7(6-15-11)12(17)18/h1-6H,14H2,(H,15,16)(H,17,18). The van der Waals surface area contributed by atoms with Gasteiger partial charge in [0.05, 0.1) is 11.3 Å². The molecule has 4 N–H and O–H groups in total. The average molecular weight is 355 g/mol. The zero-order chi connectivity index (χ0) is 13.1. The molecule has 92 valence electrons. The van der Waals surface area contributed by atoms with E-state index in [-0.39, 0.29) is 5.56 Å². The summed E-state index contributed by atoms with van der Waals surface area (Å²) in [6.45, 7) is 0. The lowest BCUT2D eigenvalue weighted by molar-refractivity contribution is 0.0696. The van der Waals surface area contributed by atoms with E-state index in [1.54, 1.807) is 0 Å². The molecule has 1 aromatic carbocycles. The van der Waals surface area contributed by atoms with E-state index in [2.05, 4.69) is 32.9 Å². The molecule has 6 heteroatoms. The molecule has 2 rings (SSSR count). The molecule has 1 aromatic heterocycles. The molecular formula is C12H10IN3O2. The third-order valence-electron chi connectivity index (χ3n) is 2.25. The first-order valence-corrected chi connectivity index (χ1v) is 6.15. The lowest BCUT2D eigenvalue weighted by Gasteiger charge is -2.09. The van der Waals surface area contributed by atoms with Gasteiger partial charge in [-0.2, -0.15) is 0 Å². The first kappa shape index (κ1) is 12.6. The number of anilines is 3. The number of nitrogens with one attached hydrogen (secondary N) is 1. The van der Waals surface area contributed by atoms with E-state index in [1.807, 2.05) is 24.3 Å². The van der Waals surface area contributed by atoms with Gasteiger partial charge in [0.2, 0.25) is 0 Å². The highest BCUT2D eigenvalue weighted by molar-refractivity contribution is 14.1. The Morgan fingerprint density at radius 3 is 2.78 bits per heavy atom. The van der Waals surface area contributed by atoms with Gasteiger partial charge >= 0.3 is 5.97 Å². The van der Waals surface area contributed by atoms with E-state index in [4.69, 9.17) is 10.8 Å². The molecule has 0 aliphatic heterocycles. The molecule has 0 saturated heterocycles. The van der Waals surface area contributed by atoms with E-state index < -0.39 is 5.97 Å². The van der Waals surface area contributed by atoms with Crippen molar-refractivity contribution in [2.75, 3.05) is 11.1 Å². The summed E-state index contributed by atoms with van der Waals surface area (Å²) >= 11 is 2.20. The normalized spacial score (nSPS) is 10.1. The van der Waals surface area contributed by atoms with Crippen molar-refractivity contribution in [3.05, 3.63) is 45.7 Å². The summed E-state index contributed by atoms with van der Waals surface area (Å²) in [6, 6.07) is 9.08. The fourth-order valence-electron chi connectivity index (χ4n) is 1.41. The number of hydrogen-bond donors (Lipinski definition) is 3. The van der Waals surface area contributed by atoms with Crippen LogP contribution in [0.4, 0.5) is 17.2 Å². The van der Waals surface area contributed by atoms with Gasteiger partial charge < -0.3 is 16.2 Å². The third-order valence-corrected chi connectivity index (χ3v) is 2.92. The molecule has 0 amide bonds. The van der Waals surface area contributed by atoms with Gasteiger partial charge in [0.25, 0.3) is 0 Å². The van der Waals surface area contributed by atoms with Crippen molar-refractivity contribution >= 4 is 45.8 Å². The number of pyridine rings is 1. The van der Waals surface area contributed by atoms with Crippen LogP contribution in [0.5, 0.6) is 0 Å². The van der Waals surface area contributed by atoms with Crippen LogP contribution >= 0.6 is 22.6 Å². The highest BCUT2D eigenvalue weighted by Gasteiger charge is 2.07. The molecule has 2 aromatic rings. The lowest BCUT2D eigenvalue weighted by atomic mass is 10.2. The van der Waals surface area contributed by atoms with Crippen LogP contribution < -0.4 is 11.1 Å². The Hall–Kier alpha value is -1.83. The van der Waals surface area contributed by atoms with E-state index in [1.165, 1.54) is 12.3 Å². The molecule has 0 atom stereocenters. The summed E-state index contributed by atoms with van der Waals surface area (Å²) < 4.78 is 1.08. The molecule has 5 nitrogen and oxygen atoms in total. The number of rotatable bonds is 3. The predicted molar refractivity (Wildman–Crippen MR) is 78.1 cm³/mol. The van der Waals surface area contributed by atoms with E-state index >= 15 is 0 Å². The number of carbonyl (C=O) groups is 1. The summed E-state index contributed by atoms with van der Waals surface area (Å²) in [6.07, 6.45) is 1.27. The van der Waals surface area contributed by atoms with Crippen LogP contribution in [0.15, 0.2) is 36.5 Å². The molecule has 0 spiro atoms. The summed E-state index contributed by atoms with van der Waals surface area (Å²) in [5.74, 6) is -0.600. The molecule has 0 radical (unpaired) electrons. The summed E-state index contributed by atoms with van der Waals surface area (Å²) in [5.41, 5.74) is 6.98. The Labute approximate surface area is 117 Å². The molecule has 0 saturated carbocycles. The SMILES string of the molecule is Nc1cc(C(=O)O)cnc1Nc1cccc(I)c1. The number of nitrogens with zero attached hydrogens (tertiary/aromatic N) is 1. The van der Waals surface area contributed by atoms with Gasteiger partial charge in [-0.1, -0.05) is 6.07 Å². The maximum absolute atomic E-state index is 10.8. The smallest absolute Gasteiger partial charge is 0.337 e. The monoisotopic (exact) mass is 355 g/mol. The van der Waals surface area contributed by atoms with Crippen molar-refractivity contribution in [1.82, 2.24) is 4.98 Å². The average Bonchev–Trinajstić information content (AvgIpc) is 2.31. The van der Waals surface area contributed by atoms with Crippen molar-refractivity contribution in [1.29, 1.82) is 0 Å². The number of halogens is 1. The van der Waals surface area contributed by atoms with Gasteiger partial charge in [-0.15, -0.1) is 0 Å². The van der Waals surface area contributed by atoms with Crippen LogP contribution in [0.2, 0.25) is 0 Å². The van der Waals surface area contributed by atoms with Crippen LogP contribution in [0.25, 0.3) is 0 Å². The first-order chi connectivity index (χ1) is 8.56. The molecule has 0 unspecified atom stereocenters. The van der Waals surface area contributed by atoms with Gasteiger partial charge in [0.1, 0.15) is 0 Å². The number of hydrogen-bond acceptors (Lipinski definition) is 4. The highest BCUT2D eigenvalue weighted by Crippen LogP contribution is 2.22. The van der Waals surface area contributed by atoms with Gasteiger partial charge in [0.15, 0.2) is 5.82 Å². The molecule has 1 heterocycles. The molecule has 0 aliphatic rings. The second kappa shape index (κ2) is 5.21. The Morgan fingerprint density at radius 2 is 2.17 bits per heavy atom. The highest BCUT2D eigenvalue weighted by atomic mass is 127. The minimum atomic E-state index is -1.05. The van der Waals surface area contributed by atoms with Gasteiger partial charge in [-0.05, 0) is 46.9 Å². The van der Waals surface area contributed by atoms with Crippen molar-refractivity contribution in [2.45, 2.75) is 0 Å². The Bertz CT molecular complexity index is 602. The van der Waals surface area contributed by atoms with E-state index in [0.717, 1.165) is 9.26 Å². The van der Waals surface area contributed by atoms with E-state index in [9.17, 15) is 4.79 Å². The minimum Gasteiger partial charge on any atom is -0.478 e. The number of nitrogen functional groups attached to an aromatic ring is 1. The van der Waals surface area contributed by atoms with Crippen LogP contribution in [-0.2, 0) is 0 Å². The minimum absolute atomic E-state index is 0.0701. The second-order valence-corrected chi connectivity index (χ2v) is 4.85. The summed E-state index contributed by atoms with van der Waals surface area (Å²) in [7, 11) is 0. The fraction of sp³-hybridized carbons (Fsp3) is 0. The van der Waals surface area contributed by atoms with Gasteiger partial charge in [-0.3, -0.25) is 0 Å². The molecule has 0 bridgehead atoms. The van der Waals surface area contributed by atoms with Crippen molar-refractivity contribution in [3.8, 4) is 0 Å². The topological polar surface area (TPSA) is 88.2 Å².